The molecule has 16 atom stereocenters. The van der Waals surface area contributed by atoms with E-state index in [1.54, 1.807) is 56.9 Å². The van der Waals surface area contributed by atoms with E-state index in [4.69, 9.17) is 152 Å². The summed E-state index contributed by atoms with van der Waals surface area (Å²) in [6.45, 7) is 21.0. The van der Waals surface area contributed by atoms with Gasteiger partial charge in [0.1, 0.15) is 0 Å². The van der Waals surface area contributed by atoms with Crippen molar-refractivity contribution in [3.8, 4) is 0 Å². The molecule has 16 unspecified atom stereocenters. The fourth-order valence-electron chi connectivity index (χ4n) is 18.9. The molecule has 5 saturated heterocycles. The van der Waals surface area contributed by atoms with Gasteiger partial charge < -0.3 is 152 Å². The average molecular weight is 1850 g/mol. The van der Waals surface area contributed by atoms with Crippen LogP contribution in [0.1, 0.15) is 51.4 Å². The van der Waals surface area contributed by atoms with Crippen molar-refractivity contribution in [1.29, 1.82) is 0 Å². The summed E-state index contributed by atoms with van der Waals surface area (Å²) in [5.74, 6) is 0.323. The third-order valence-electron chi connectivity index (χ3n) is 25.1. The monoisotopic (exact) mass is 1850 g/mol. The van der Waals surface area contributed by atoms with Gasteiger partial charge in [0.2, 0.25) is 0 Å². The maximum atomic E-state index is 7.05. The molecule has 0 aromatic rings. The highest BCUT2D eigenvalue weighted by Crippen LogP contribution is 2.49. The van der Waals surface area contributed by atoms with Crippen molar-refractivity contribution in [2.75, 3.05) is 374 Å². The first-order valence-corrected chi connectivity index (χ1v) is 47.5. The van der Waals surface area contributed by atoms with E-state index in [-0.39, 0.29) is 146 Å². The van der Waals surface area contributed by atoms with Crippen LogP contribution in [0.4, 0.5) is 0 Å². The van der Waals surface area contributed by atoms with Crippen LogP contribution in [0.5, 0.6) is 0 Å². The van der Waals surface area contributed by atoms with Crippen LogP contribution in [0.25, 0.3) is 0 Å². The molecular weight excluding hydrogens is 1680 g/mol. The van der Waals surface area contributed by atoms with Crippen LogP contribution >= 0.6 is 0 Å². The Bertz CT molecular complexity index is 2130. The fourth-order valence-corrected chi connectivity index (χ4v) is 18.9. The van der Waals surface area contributed by atoms with Crippen LogP contribution in [-0.4, -0.2) is 472 Å². The standard InChI is InChI=1S/C88H168N8O32/c1-97-9-17-105-25-33-113-41-49-121-73-57-65-66(58-74(73)122-50-42-114-34-26-106-18-10-98-2)82-89-81(65)93-83-67-59-75(123-51-43-115-35-27-107-19-11-99-3)76(124-52-44-116-36-28-108-20-12-100-4)60-68(67)85(90-83)95-87-71-63-79(127-55-47-119-39-31-111-23-15-103-7)80(128-56-48-120-40-32-112-24-16-104-8)64-72(71)88(92-87)96-86-70-62-78(126-54-46-118-38-30-110-22-14-102-6)77(61-69(70)84(91-86)94-82)125-53-45-117-37-29-109-21-13-101-5/h65-96H,9-64H2,1-8H3. The summed E-state index contributed by atoms with van der Waals surface area (Å²) in [4.78, 5) is 0. The van der Waals surface area contributed by atoms with Gasteiger partial charge in [-0.1, -0.05) is 0 Å². The zero-order chi connectivity index (χ0) is 89.7. The lowest BCUT2D eigenvalue weighted by Crippen LogP contribution is -2.61. The third kappa shape index (κ3) is 41.2. The highest BCUT2D eigenvalue weighted by molar-refractivity contribution is 5.12. The van der Waals surface area contributed by atoms with Gasteiger partial charge in [-0.05, 0) is 98.7 Å². The van der Waals surface area contributed by atoms with E-state index in [1.165, 1.54) is 0 Å². The quantitative estimate of drug-likeness (QED) is 0.0372. The molecule has 8 N–H and O–H groups in total. The van der Waals surface area contributed by atoms with Crippen molar-refractivity contribution in [2.24, 2.45) is 47.3 Å². The lowest BCUT2D eigenvalue weighted by molar-refractivity contribution is -0.135. The lowest BCUT2D eigenvalue weighted by Gasteiger charge is -2.43. The smallest absolute Gasteiger partial charge is 0.0841 e. The van der Waals surface area contributed by atoms with Crippen molar-refractivity contribution < 1.29 is 152 Å². The Morgan fingerprint density at radius 3 is 0.305 bits per heavy atom. The van der Waals surface area contributed by atoms with Crippen LogP contribution in [0, 0.1) is 47.3 Å². The molecule has 8 bridgehead atoms. The van der Waals surface area contributed by atoms with E-state index in [0.29, 0.717) is 368 Å². The summed E-state index contributed by atoms with van der Waals surface area (Å²) in [5, 5.41) is 34.8. The zero-order valence-corrected chi connectivity index (χ0v) is 78.5. The van der Waals surface area contributed by atoms with Gasteiger partial charge >= 0.3 is 0 Å². The Morgan fingerprint density at radius 2 is 0.211 bits per heavy atom. The molecule has 752 valence electrons. The first kappa shape index (κ1) is 110. The molecule has 5 heterocycles. The summed E-state index contributed by atoms with van der Waals surface area (Å²) in [5.41, 5.74) is 0. The van der Waals surface area contributed by atoms with Gasteiger partial charge in [0, 0.05) is 56.9 Å². The largest absolute Gasteiger partial charge is 0.382 e. The first-order valence-electron chi connectivity index (χ1n) is 47.5. The van der Waals surface area contributed by atoms with Crippen LogP contribution in [0.3, 0.4) is 0 Å². The number of hydrogen-bond acceptors (Lipinski definition) is 40. The number of hydrogen-bond donors (Lipinski definition) is 8. The second kappa shape index (κ2) is 70.1. The van der Waals surface area contributed by atoms with Crippen molar-refractivity contribution in [1.82, 2.24) is 42.5 Å². The molecule has 9 aliphatic rings. The van der Waals surface area contributed by atoms with E-state index >= 15 is 0 Å². The Labute approximate surface area is 761 Å². The molecule has 0 radical (unpaired) electrons. The van der Waals surface area contributed by atoms with Gasteiger partial charge in [0.05, 0.1) is 415 Å². The normalized spacial score (nSPS) is 30.9. The molecule has 9 fully saturated rings. The first-order chi connectivity index (χ1) is 63.3. The van der Waals surface area contributed by atoms with Gasteiger partial charge in [-0.15, -0.1) is 0 Å². The molecule has 9 rings (SSSR count). The Morgan fingerprint density at radius 1 is 0.125 bits per heavy atom. The number of fused-ring (bicyclic) bond motifs is 20. The Balaban J connectivity index is 1.07. The summed E-state index contributed by atoms with van der Waals surface area (Å²) in [7, 11) is 13.3. The molecule has 128 heavy (non-hydrogen) atoms. The van der Waals surface area contributed by atoms with Gasteiger partial charge in [-0.2, -0.15) is 0 Å². The van der Waals surface area contributed by atoms with Crippen LogP contribution < -0.4 is 42.5 Å². The number of ether oxygens (including phenoxy) is 32. The second-order valence-electron chi connectivity index (χ2n) is 33.4. The van der Waals surface area contributed by atoms with E-state index in [1.807, 2.05) is 0 Å². The zero-order valence-electron chi connectivity index (χ0n) is 78.5. The number of methoxy groups -OCH3 is 8. The van der Waals surface area contributed by atoms with E-state index in [0.717, 1.165) is 0 Å². The molecule has 40 nitrogen and oxygen atoms in total. The summed E-state index contributed by atoms with van der Waals surface area (Å²) >= 11 is 0. The van der Waals surface area contributed by atoms with Crippen molar-refractivity contribution >= 4 is 0 Å². The molecular formula is C88H168N8O32. The summed E-state index contributed by atoms with van der Waals surface area (Å²) < 4.78 is 193. The topological polar surface area (TPSA) is 392 Å². The molecule has 40 heteroatoms. The molecule has 4 aliphatic carbocycles. The van der Waals surface area contributed by atoms with Crippen LogP contribution in [-0.2, 0) is 152 Å². The minimum atomic E-state index is -0.293. The molecule has 5 aliphatic heterocycles. The molecule has 0 aromatic heterocycles. The predicted octanol–water partition coefficient (Wildman–Crippen LogP) is 0.00320. The third-order valence-corrected chi connectivity index (χ3v) is 25.1. The average Bonchev–Trinajstić information content (AvgIpc) is 1.59. The molecule has 0 spiro atoms. The van der Waals surface area contributed by atoms with Crippen LogP contribution in [0.15, 0.2) is 0 Å². The molecule has 0 amide bonds. The maximum absolute atomic E-state index is 7.05. The van der Waals surface area contributed by atoms with Gasteiger partial charge in [-0.3, -0.25) is 42.5 Å². The van der Waals surface area contributed by atoms with Gasteiger partial charge in [-0.25, -0.2) is 0 Å². The summed E-state index contributed by atoms with van der Waals surface area (Å²) in [6, 6.07) is 0. The highest BCUT2D eigenvalue weighted by atomic mass is 16.6. The fraction of sp³-hybridized carbons (Fsp3) is 1.00. The summed E-state index contributed by atoms with van der Waals surface area (Å²) in [6.07, 6.45) is 1.29. The van der Waals surface area contributed by atoms with Crippen molar-refractivity contribution in [3.05, 3.63) is 0 Å². The predicted molar refractivity (Wildman–Crippen MR) is 466 cm³/mol. The SMILES string of the molecule is COCCOCCOCCOC1CC2C3NC(NC4NC(NC5NC(NC6NC(N3)C3CC(OCCOCCOCCOC)C(OCCOCCOCCOC)CC63)C3CC(OCCOCCOCCOC)C(OCCOCCOCCOC)CC53)C3CC(OCCOCCOCCOC)C(OCCOCCOCCOC)CC43)C2CC1OCCOCCOCCOC. The van der Waals surface area contributed by atoms with E-state index in [2.05, 4.69) is 42.5 Å². The Kier molecular flexibility index (Phi) is 60.3. The van der Waals surface area contributed by atoms with Crippen molar-refractivity contribution in [2.45, 2.75) is 150 Å². The van der Waals surface area contributed by atoms with Gasteiger partial charge in [0.25, 0.3) is 0 Å². The van der Waals surface area contributed by atoms with Crippen molar-refractivity contribution in [3.63, 3.8) is 0 Å². The van der Waals surface area contributed by atoms with E-state index < -0.39 is 0 Å². The molecule has 0 aromatic carbocycles. The van der Waals surface area contributed by atoms with E-state index in [9.17, 15) is 0 Å². The minimum absolute atomic E-state index is 0.0403. The van der Waals surface area contributed by atoms with Gasteiger partial charge in [0.15, 0.2) is 0 Å². The highest BCUT2D eigenvalue weighted by Gasteiger charge is 2.60. The molecule has 4 saturated carbocycles. The minimum Gasteiger partial charge on any atom is -0.382 e. The Hall–Kier alpha value is -1.60. The second-order valence-corrected chi connectivity index (χ2v) is 33.4. The maximum Gasteiger partial charge on any atom is 0.0841 e. The number of rotatable bonds is 80. The van der Waals surface area contributed by atoms with Crippen LogP contribution in [0.2, 0.25) is 0 Å². The lowest BCUT2D eigenvalue weighted by atomic mass is 9.73. The number of nitrogens with one attached hydrogen (secondary N) is 8.